The summed E-state index contributed by atoms with van der Waals surface area (Å²) in [5.41, 5.74) is 7.83. The van der Waals surface area contributed by atoms with Crippen LogP contribution < -0.4 is 10.5 Å². The van der Waals surface area contributed by atoms with E-state index in [1.807, 2.05) is 36.4 Å². The van der Waals surface area contributed by atoms with E-state index in [0.717, 1.165) is 43.7 Å². The Balaban J connectivity index is 0.00000200. The molecule has 0 saturated carbocycles. The molecule has 108 valence electrons. The molecule has 20 heavy (non-hydrogen) atoms. The van der Waals surface area contributed by atoms with E-state index < -0.39 is 0 Å². The summed E-state index contributed by atoms with van der Waals surface area (Å²) in [5, 5.41) is 0. The maximum Gasteiger partial charge on any atom is 0.127 e. The summed E-state index contributed by atoms with van der Waals surface area (Å²) in [6, 6.07) is 18.5. The molecule has 0 spiro atoms. The van der Waals surface area contributed by atoms with Gasteiger partial charge in [-0.25, -0.2) is 0 Å². The number of para-hydroxylation sites is 1. The Kier molecular flexibility index (Phi) is 7.78. The van der Waals surface area contributed by atoms with E-state index in [9.17, 15) is 0 Å². The lowest BCUT2D eigenvalue weighted by Gasteiger charge is -2.11. The van der Waals surface area contributed by atoms with Crippen LogP contribution in [0.2, 0.25) is 0 Å². The molecule has 0 radical (unpaired) electrons. The SMILES string of the molecule is Cl.NCCCCCOc1ccccc1-c1ccccc1. The molecule has 3 heteroatoms. The first-order valence-electron chi connectivity index (χ1n) is 6.89. The summed E-state index contributed by atoms with van der Waals surface area (Å²) >= 11 is 0. The molecule has 0 atom stereocenters. The van der Waals surface area contributed by atoms with Crippen LogP contribution >= 0.6 is 12.4 Å². The molecule has 0 amide bonds. The van der Waals surface area contributed by atoms with E-state index in [-0.39, 0.29) is 12.4 Å². The van der Waals surface area contributed by atoms with Crippen molar-refractivity contribution in [1.82, 2.24) is 0 Å². The van der Waals surface area contributed by atoms with Gasteiger partial charge in [-0.3, -0.25) is 0 Å². The zero-order chi connectivity index (χ0) is 13.3. The van der Waals surface area contributed by atoms with Gasteiger partial charge < -0.3 is 10.5 Å². The fourth-order valence-electron chi connectivity index (χ4n) is 2.05. The van der Waals surface area contributed by atoms with Gasteiger partial charge in [-0.15, -0.1) is 12.4 Å². The monoisotopic (exact) mass is 291 g/mol. The lowest BCUT2D eigenvalue weighted by molar-refractivity contribution is 0.307. The minimum atomic E-state index is 0. The molecule has 0 heterocycles. The molecule has 0 aromatic heterocycles. The van der Waals surface area contributed by atoms with Crippen molar-refractivity contribution in [2.45, 2.75) is 19.3 Å². The van der Waals surface area contributed by atoms with Crippen LogP contribution in [0.3, 0.4) is 0 Å². The van der Waals surface area contributed by atoms with Gasteiger partial charge in [0.1, 0.15) is 5.75 Å². The average Bonchev–Trinajstić information content (AvgIpc) is 2.48. The van der Waals surface area contributed by atoms with Gasteiger partial charge in [0.15, 0.2) is 0 Å². The Hall–Kier alpha value is -1.51. The van der Waals surface area contributed by atoms with Gasteiger partial charge in [0, 0.05) is 5.56 Å². The van der Waals surface area contributed by atoms with Crippen LogP contribution in [0, 0.1) is 0 Å². The summed E-state index contributed by atoms with van der Waals surface area (Å²) in [6.45, 7) is 1.52. The highest BCUT2D eigenvalue weighted by Gasteiger charge is 2.04. The van der Waals surface area contributed by atoms with Crippen molar-refractivity contribution in [1.29, 1.82) is 0 Å². The minimum absolute atomic E-state index is 0. The number of nitrogens with two attached hydrogens (primary N) is 1. The normalized spacial score (nSPS) is 9.85. The Labute approximate surface area is 127 Å². The zero-order valence-corrected chi connectivity index (χ0v) is 12.4. The van der Waals surface area contributed by atoms with E-state index >= 15 is 0 Å². The van der Waals surface area contributed by atoms with Crippen LogP contribution in [-0.2, 0) is 0 Å². The first-order chi connectivity index (χ1) is 9.42. The number of unbranched alkanes of at least 4 members (excludes halogenated alkanes) is 2. The van der Waals surface area contributed by atoms with Gasteiger partial charge >= 0.3 is 0 Å². The molecule has 2 rings (SSSR count). The van der Waals surface area contributed by atoms with Crippen LogP contribution in [0.25, 0.3) is 11.1 Å². The average molecular weight is 292 g/mol. The summed E-state index contributed by atoms with van der Waals surface area (Å²) in [5.74, 6) is 0.960. The van der Waals surface area contributed by atoms with Crippen molar-refractivity contribution in [3.05, 3.63) is 54.6 Å². The number of rotatable bonds is 7. The number of benzene rings is 2. The summed E-state index contributed by atoms with van der Waals surface area (Å²) < 4.78 is 5.90. The molecule has 2 aromatic carbocycles. The third-order valence-corrected chi connectivity index (χ3v) is 3.08. The lowest BCUT2D eigenvalue weighted by atomic mass is 10.1. The van der Waals surface area contributed by atoms with Gasteiger partial charge in [-0.1, -0.05) is 48.5 Å². The quantitative estimate of drug-likeness (QED) is 0.773. The fraction of sp³-hybridized carbons (Fsp3) is 0.294. The molecule has 0 aliphatic carbocycles. The van der Waals surface area contributed by atoms with Gasteiger partial charge in [0.25, 0.3) is 0 Å². The van der Waals surface area contributed by atoms with E-state index in [1.54, 1.807) is 0 Å². The highest BCUT2D eigenvalue weighted by atomic mass is 35.5. The van der Waals surface area contributed by atoms with Crippen LogP contribution in [-0.4, -0.2) is 13.2 Å². The van der Waals surface area contributed by atoms with E-state index in [1.165, 1.54) is 5.56 Å². The van der Waals surface area contributed by atoms with Crippen molar-refractivity contribution in [3.8, 4) is 16.9 Å². The Bertz CT molecular complexity index is 487. The van der Waals surface area contributed by atoms with Crippen LogP contribution in [0.1, 0.15) is 19.3 Å². The molecule has 0 aliphatic rings. The standard InChI is InChI=1S/C17H21NO.ClH/c18-13-7-2-8-14-19-17-12-6-5-11-16(17)15-9-3-1-4-10-15;/h1,3-6,9-12H,2,7-8,13-14,18H2;1H. The van der Waals surface area contributed by atoms with E-state index in [4.69, 9.17) is 10.5 Å². The van der Waals surface area contributed by atoms with Crippen LogP contribution in [0.15, 0.2) is 54.6 Å². The van der Waals surface area contributed by atoms with Crippen molar-refractivity contribution in [2.24, 2.45) is 5.73 Å². The first kappa shape index (κ1) is 16.5. The number of ether oxygens (including phenoxy) is 1. The maximum absolute atomic E-state index is 5.90. The molecule has 0 unspecified atom stereocenters. The predicted octanol–water partition coefficient (Wildman–Crippen LogP) is 4.28. The summed E-state index contributed by atoms with van der Waals surface area (Å²) in [6.07, 6.45) is 3.26. The van der Waals surface area contributed by atoms with Crippen molar-refractivity contribution < 1.29 is 4.74 Å². The van der Waals surface area contributed by atoms with Gasteiger partial charge in [-0.2, -0.15) is 0 Å². The molecule has 0 aliphatic heterocycles. The second kappa shape index (κ2) is 9.40. The van der Waals surface area contributed by atoms with E-state index in [2.05, 4.69) is 18.2 Å². The van der Waals surface area contributed by atoms with E-state index in [0.29, 0.717) is 0 Å². The third-order valence-electron chi connectivity index (χ3n) is 3.08. The largest absolute Gasteiger partial charge is 0.493 e. The van der Waals surface area contributed by atoms with Gasteiger partial charge in [0.05, 0.1) is 6.61 Å². The fourth-order valence-corrected chi connectivity index (χ4v) is 2.05. The maximum atomic E-state index is 5.90. The Morgan fingerprint density at radius 2 is 1.50 bits per heavy atom. The summed E-state index contributed by atoms with van der Waals surface area (Å²) in [7, 11) is 0. The highest BCUT2D eigenvalue weighted by molar-refractivity contribution is 5.85. The first-order valence-corrected chi connectivity index (χ1v) is 6.89. The van der Waals surface area contributed by atoms with Crippen LogP contribution in [0.4, 0.5) is 0 Å². The molecule has 2 aromatic rings. The van der Waals surface area contributed by atoms with Crippen molar-refractivity contribution in [3.63, 3.8) is 0 Å². The van der Waals surface area contributed by atoms with Crippen LogP contribution in [0.5, 0.6) is 5.75 Å². The lowest BCUT2D eigenvalue weighted by Crippen LogP contribution is -2.02. The Morgan fingerprint density at radius 1 is 0.800 bits per heavy atom. The molecule has 2 N–H and O–H groups in total. The molecule has 2 nitrogen and oxygen atoms in total. The van der Waals surface area contributed by atoms with Crippen molar-refractivity contribution in [2.75, 3.05) is 13.2 Å². The minimum Gasteiger partial charge on any atom is -0.493 e. The molecule has 0 bridgehead atoms. The topological polar surface area (TPSA) is 35.2 Å². The number of hydrogen-bond donors (Lipinski definition) is 1. The van der Waals surface area contributed by atoms with Crippen molar-refractivity contribution >= 4 is 12.4 Å². The third kappa shape index (κ3) is 4.87. The predicted molar refractivity (Wildman–Crippen MR) is 87.5 cm³/mol. The zero-order valence-electron chi connectivity index (χ0n) is 11.6. The van der Waals surface area contributed by atoms with Gasteiger partial charge in [0.2, 0.25) is 0 Å². The summed E-state index contributed by atoms with van der Waals surface area (Å²) in [4.78, 5) is 0. The molecule has 0 fully saturated rings. The highest BCUT2D eigenvalue weighted by Crippen LogP contribution is 2.29. The Morgan fingerprint density at radius 3 is 2.25 bits per heavy atom. The van der Waals surface area contributed by atoms with Gasteiger partial charge in [-0.05, 0) is 37.4 Å². The second-order valence-electron chi connectivity index (χ2n) is 4.56. The molecular formula is C17H22ClNO. The number of halogens is 1. The number of hydrogen-bond acceptors (Lipinski definition) is 2. The second-order valence-corrected chi connectivity index (χ2v) is 4.56. The molecular weight excluding hydrogens is 270 g/mol. The smallest absolute Gasteiger partial charge is 0.127 e. The molecule has 0 saturated heterocycles.